The van der Waals surface area contributed by atoms with Crippen molar-refractivity contribution in [3.63, 3.8) is 0 Å². The third-order valence-electron chi connectivity index (χ3n) is 4.47. The van der Waals surface area contributed by atoms with Crippen molar-refractivity contribution in [2.75, 3.05) is 19.6 Å². The van der Waals surface area contributed by atoms with Crippen molar-refractivity contribution in [3.8, 4) is 0 Å². The molecule has 1 aliphatic rings. The van der Waals surface area contributed by atoms with Gasteiger partial charge in [-0.15, -0.1) is 24.0 Å². The molecule has 0 amide bonds. The first-order chi connectivity index (χ1) is 11.0. The molecule has 3 N–H and O–H groups in total. The molecule has 1 unspecified atom stereocenters. The second-order valence-corrected chi connectivity index (χ2v) is 7.24. The normalized spacial score (nSPS) is 17.8. The summed E-state index contributed by atoms with van der Waals surface area (Å²) in [6.07, 6.45) is 5.07. The van der Waals surface area contributed by atoms with E-state index in [9.17, 15) is 0 Å². The molecule has 1 fully saturated rings. The van der Waals surface area contributed by atoms with Crippen LogP contribution >= 0.6 is 24.0 Å². The van der Waals surface area contributed by atoms with E-state index < -0.39 is 0 Å². The van der Waals surface area contributed by atoms with Crippen molar-refractivity contribution in [2.45, 2.75) is 58.0 Å². The molecule has 1 aliphatic heterocycles. The number of hydrogen-bond donors (Lipinski definition) is 2. The molecule has 0 spiro atoms. The molecule has 0 saturated carbocycles. The van der Waals surface area contributed by atoms with Gasteiger partial charge in [0.1, 0.15) is 0 Å². The highest BCUT2D eigenvalue weighted by Crippen LogP contribution is 2.16. The molecule has 1 saturated heterocycles. The summed E-state index contributed by atoms with van der Waals surface area (Å²) in [6, 6.07) is 10.8. The molecule has 0 aliphatic carbocycles. The summed E-state index contributed by atoms with van der Waals surface area (Å²) in [7, 11) is 0. The third-order valence-corrected chi connectivity index (χ3v) is 4.47. The van der Waals surface area contributed by atoms with Crippen molar-refractivity contribution in [1.82, 2.24) is 10.2 Å². The van der Waals surface area contributed by atoms with E-state index in [2.05, 4.69) is 60.2 Å². The number of guanidine groups is 1. The average Bonchev–Trinajstić information content (AvgIpc) is 2.82. The Morgan fingerprint density at radius 2 is 1.75 bits per heavy atom. The summed E-state index contributed by atoms with van der Waals surface area (Å²) in [4.78, 5) is 6.91. The van der Waals surface area contributed by atoms with Crippen molar-refractivity contribution < 1.29 is 0 Å². The van der Waals surface area contributed by atoms with Crippen LogP contribution in [0.5, 0.6) is 0 Å². The summed E-state index contributed by atoms with van der Waals surface area (Å²) in [5.41, 5.74) is 7.42. The Balaban J connectivity index is 0.00000288. The second-order valence-electron chi connectivity index (χ2n) is 7.24. The van der Waals surface area contributed by atoms with Gasteiger partial charge in [0.2, 0.25) is 0 Å². The lowest BCUT2D eigenvalue weighted by Crippen LogP contribution is -2.45. The Hall–Kier alpha value is -0.820. The molecule has 5 heteroatoms. The van der Waals surface area contributed by atoms with Gasteiger partial charge in [0.15, 0.2) is 5.96 Å². The molecule has 1 atom stereocenters. The minimum atomic E-state index is -0.0915. The summed E-state index contributed by atoms with van der Waals surface area (Å²) < 4.78 is 0. The molecule has 1 aromatic carbocycles. The predicted octanol–water partition coefficient (Wildman–Crippen LogP) is 3.92. The van der Waals surface area contributed by atoms with E-state index in [4.69, 9.17) is 5.73 Å². The van der Waals surface area contributed by atoms with Gasteiger partial charge in [0, 0.05) is 24.7 Å². The lowest BCUT2D eigenvalue weighted by atomic mass is 10.0. The fourth-order valence-corrected chi connectivity index (χ4v) is 3.14. The zero-order valence-corrected chi connectivity index (χ0v) is 17.6. The molecular formula is C19H33IN4. The highest BCUT2D eigenvalue weighted by atomic mass is 127. The summed E-state index contributed by atoms with van der Waals surface area (Å²) in [6.45, 7) is 9.34. The first kappa shape index (κ1) is 21.2. The van der Waals surface area contributed by atoms with Gasteiger partial charge in [-0.05, 0) is 39.2 Å². The predicted molar refractivity (Wildman–Crippen MR) is 114 cm³/mol. The van der Waals surface area contributed by atoms with Crippen LogP contribution in [0.15, 0.2) is 35.3 Å². The summed E-state index contributed by atoms with van der Waals surface area (Å²) in [5.74, 6) is 0.703. The quantitative estimate of drug-likeness (QED) is 0.411. The summed E-state index contributed by atoms with van der Waals surface area (Å²) in [5, 5.41) is 3.66. The number of hydrogen-bond acceptors (Lipinski definition) is 2. The van der Waals surface area contributed by atoms with Crippen LogP contribution in [-0.4, -0.2) is 36.0 Å². The molecule has 2 rings (SSSR count). The maximum Gasteiger partial charge on any atom is 0.191 e. The SMILES string of the molecule is CC(NC(C)(C)CN=C(N)N1CCCCCC1)c1ccccc1.I. The maximum atomic E-state index is 6.22. The monoisotopic (exact) mass is 444 g/mol. The Morgan fingerprint density at radius 1 is 1.17 bits per heavy atom. The van der Waals surface area contributed by atoms with Gasteiger partial charge >= 0.3 is 0 Å². The molecule has 0 aromatic heterocycles. The third kappa shape index (κ3) is 6.97. The molecular weight excluding hydrogens is 411 g/mol. The van der Waals surface area contributed by atoms with E-state index in [1.807, 2.05) is 6.07 Å². The number of halogens is 1. The Labute approximate surface area is 164 Å². The van der Waals surface area contributed by atoms with Gasteiger partial charge in [-0.3, -0.25) is 4.99 Å². The minimum absolute atomic E-state index is 0. The van der Waals surface area contributed by atoms with Gasteiger partial charge in [0.25, 0.3) is 0 Å². The molecule has 136 valence electrons. The van der Waals surface area contributed by atoms with Crippen LogP contribution in [0.25, 0.3) is 0 Å². The maximum absolute atomic E-state index is 6.22. The van der Waals surface area contributed by atoms with Gasteiger partial charge in [-0.2, -0.15) is 0 Å². The van der Waals surface area contributed by atoms with Crippen LogP contribution in [0.1, 0.15) is 58.1 Å². The number of nitrogens with zero attached hydrogens (tertiary/aromatic N) is 2. The average molecular weight is 444 g/mol. The van der Waals surface area contributed by atoms with Crippen LogP contribution in [-0.2, 0) is 0 Å². The molecule has 4 nitrogen and oxygen atoms in total. The highest BCUT2D eigenvalue weighted by molar-refractivity contribution is 14.0. The number of nitrogens with one attached hydrogen (secondary N) is 1. The minimum Gasteiger partial charge on any atom is -0.370 e. The molecule has 0 radical (unpaired) electrons. The lowest BCUT2D eigenvalue weighted by molar-refractivity contribution is 0.353. The smallest absolute Gasteiger partial charge is 0.191 e. The van der Waals surface area contributed by atoms with Crippen LogP contribution in [0, 0.1) is 0 Å². The number of likely N-dealkylation sites (tertiary alicyclic amines) is 1. The van der Waals surface area contributed by atoms with Crippen molar-refractivity contribution in [3.05, 3.63) is 35.9 Å². The van der Waals surface area contributed by atoms with Crippen molar-refractivity contribution in [2.24, 2.45) is 10.7 Å². The van der Waals surface area contributed by atoms with E-state index in [-0.39, 0.29) is 29.5 Å². The van der Waals surface area contributed by atoms with Crippen molar-refractivity contribution >= 4 is 29.9 Å². The zero-order valence-electron chi connectivity index (χ0n) is 15.3. The lowest BCUT2D eigenvalue weighted by Gasteiger charge is -2.30. The summed E-state index contributed by atoms with van der Waals surface area (Å²) >= 11 is 0. The number of rotatable bonds is 5. The van der Waals surface area contributed by atoms with E-state index in [1.54, 1.807) is 0 Å². The molecule has 1 aromatic rings. The largest absolute Gasteiger partial charge is 0.370 e. The first-order valence-electron chi connectivity index (χ1n) is 8.85. The van der Waals surface area contributed by atoms with Crippen LogP contribution < -0.4 is 11.1 Å². The highest BCUT2D eigenvalue weighted by Gasteiger charge is 2.21. The molecule has 0 bridgehead atoms. The fraction of sp³-hybridized carbons (Fsp3) is 0.632. The van der Waals surface area contributed by atoms with Crippen LogP contribution in [0.2, 0.25) is 0 Å². The van der Waals surface area contributed by atoms with Gasteiger partial charge < -0.3 is 16.0 Å². The van der Waals surface area contributed by atoms with Crippen LogP contribution in [0.3, 0.4) is 0 Å². The number of aliphatic imine (C=N–C) groups is 1. The van der Waals surface area contributed by atoms with E-state index >= 15 is 0 Å². The molecule has 1 heterocycles. The first-order valence-corrected chi connectivity index (χ1v) is 8.85. The van der Waals surface area contributed by atoms with Gasteiger partial charge in [-0.25, -0.2) is 0 Å². The van der Waals surface area contributed by atoms with E-state index in [0.29, 0.717) is 18.5 Å². The Bertz CT molecular complexity index is 493. The van der Waals surface area contributed by atoms with Gasteiger partial charge in [0.05, 0.1) is 6.54 Å². The Kier molecular flexibility index (Phi) is 9.05. The van der Waals surface area contributed by atoms with E-state index in [0.717, 1.165) is 13.1 Å². The standard InChI is InChI=1S/C19H32N4.HI/c1-16(17-11-7-6-8-12-17)22-19(2,3)15-21-18(20)23-13-9-4-5-10-14-23;/h6-8,11-12,16,22H,4-5,9-10,13-15H2,1-3H3,(H2,20,21);1H. The second kappa shape index (κ2) is 10.2. The number of benzene rings is 1. The van der Waals surface area contributed by atoms with Crippen LogP contribution in [0.4, 0.5) is 0 Å². The number of nitrogens with two attached hydrogens (primary N) is 1. The molecule has 24 heavy (non-hydrogen) atoms. The Morgan fingerprint density at radius 3 is 2.33 bits per heavy atom. The topological polar surface area (TPSA) is 53.6 Å². The fourth-order valence-electron chi connectivity index (χ4n) is 3.14. The zero-order chi connectivity index (χ0) is 16.7. The van der Waals surface area contributed by atoms with Crippen molar-refractivity contribution in [1.29, 1.82) is 0 Å². The van der Waals surface area contributed by atoms with E-state index in [1.165, 1.54) is 31.2 Å². The van der Waals surface area contributed by atoms with Gasteiger partial charge in [-0.1, -0.05) is 43.2 Å².